The number of carboxylic acid groups (broad SMARTS) is 1. The summed E-state index contributed by atoms with van der Waals surface area (Å²) in [5.41, 5.74) is 2.05. The lowest BCUT2D eigenvalue weighted by Crippen LogP contribution is -2.38. The number of nitrogens with zero attached hydrogens (tertiary/aromatic N) is 3. The van der Waals surface area contributed by atoms with E-state index < -0.39 is 18.5 Å². The van der Waals surface area contributed by atoms with Crippen LogP contribution in [-0.4, -0.2) is 33.4 Å². The van der Waals surface area contributed by atoms with Crippen molar-refractivity contribution >= 4 is 23.4 Å². The molecule has 1 aromatic carbocycles. The van der Waals surface area contributed by atoms with Crippen LogP contribution in [0.4, 0.5) is 16.2 Å². The molecule has 0 radical (unpaired) electrons. The van der Waals surface area contributed by atoms with Crippen LogP contribution in [0.1, 0.15) is 5.56 Å². The van der Waals surface area contributed by atoms with Crippen LogP contribution in [0.3, 0.4) is 0 Å². The highest BCUT2D eigenvalue weighted by atomic mass is 16.4. The molecule has 1 heterocycles. The minimum absolute atomic E-state index is 0.421. The van der Waals surface area contributed by atoms with Gasteiger partial charge in [0.25, 0.3) is 0 Å². The molecule has 110 valence electrons. The third-order valence-electron chi connectivity index (χ3n) is 2.84. The molecule has 0 atom stereocenters. The summed E-state index contributed by atoms with van der Waals surface area (Å²) in [5.74, 6) is -1.09. The maximum atomic E-state index is 12.3. The van der Waals surface area contributed by atoms with Crippen molar-refractivity contribution < 1.29 is 14.7 Å². The molecule has 0 spiro atoms. The lowest BCUT2D eigenvalue weighted by Gasteiger charge is -2.21. The van der Waals surface area contributed by atoms with E-state index in [1.807, 2.05) is 19.1 Å². The van der Waals surface area contributed by atoms with Crippen molar-refractivity contribution in [1.82, 2.24) is 9.78 Å². The predicted molar refractivity (Wildman–Crippen MR) is 78.4 cm³/mol. The van der Waals surface area contributed by atoms with Gasteiger partial charge in [-0.3, -0.25) is 14.4 Å². The van der Waals surface area contributed by atoms with Gasteiger partial charge in [0.15, 0.2) is 0 Å². The minimum atomic E-state index is -1.09. The van der Waals surface area contributed by atoms with Crippen LogP contribution in [0.5, 0.6) is 0 Å². The molecule has 0 saturated heterocycles. The predicted octanol–water partition coefficient (Wildman–Crippen LogP) is 1.85. The fourth-order valence-corrected chi connectivity index (χ4v) is 1.82. The second-order valence-electron chi connectivity index (χ2n) is 4.65. The maximum absolute atomic E-state index is 12.3. The molecule has 2 N–H and O–H groups in total. The highest BCUT2D eigenvalue weighted by Crippen LogP contribution is 2.16. The van der Waals surface area contributed by atoms with Crippen molar-refractivity contribution in [2.45, 2.75) is 6.92 Å². The standard InChI is InChI=1S/C14H16N4O3/c1-10-3-5-12(6-4-10)18(9-13(19)20)14(21)16-11-7-15-17(2)8-11/h3-8H,9H2,1-2H3,(H,16,21)(H,19,20). The van der Waals surface area contributed by atoms with E-state index in [9.17, 15) is 9.59 Å². The van der Waals surface area contributed by atoms with Gasteiger partial charge in [0.1, 0.15) is 6.54 Å². The normalized spacial score (nSPS) is 10.2. The van der Waals surface area contributed by atoms with Gasteiger partial charge in [0.2, 0.25) is 0 Å². The van der Waals surface area contributed by atoms with Gasteiger partial charge in [-0.15, -0.1) is 0 Å². The van der Waals surface area contributed by atoms with Crippen molar-refractivity contribution in [2.75, 3.05) is 16.8 Å². The topological polar surface area (TPSA) is 87.5 Å². The van der Waals surface area contributed by atoms with E-state index in [1.54, 1.807) is 30.1 Å². The molecule has 2 amide bonds. The Morgan fingerprint density at radius 2 is 2.00 bits per heavy atom. The molecule has 7 nitrogen and oxygen atoms in total. The van der Waals surface area contributed by atoms with Gasteiger partial charge in [-0.1, -0.05) is 17.7 Å². The SMILES string of the molecule is Cc1ccc(N(CC(=O)O)C(=O)Nc2cnn(C)c2)cc1. The van der Waals surface area contributed by atoms with Crippen LogP contribution in [0.25, 0.3) is 0 Å². The second-order valence-corrected chi connectivity index (χ2v) is 4.65. The number of urea groups is 1. The molecule has 0 aliphatic rings. The van der Waals surface area contributed by atoms with E-state index in [1.165, 1.54) is 6.20 Å². The van der Waals surface area contributed by atoms with Crippen LogP contribution >= 0.6 is 0 Å². The van der Waals surface area contributed by atoms with Crippen molar-refractivity contribution in [3.05, 3.63) is 42.2 Å². The van der Waals surface area contributed by atoms with Crippen LogP contribution in [0.2, 0.25) is 0 Å². The van der Waals surface area contributed by atoms with E-state index in [0.29, 0.717) is 11.4 Å². The molecular formula is C14H16N4O3. The lowest BCUT2D eigenvalue weighted by molar-refractivity contribution is -0.135. The molecular weight excluding hydrogens is 272 g/mol. The molecule has 0 unspecified atom stereocenters. The summed E-state index contributed by atoms with van der Waals surface area (Å²) in [7, 11) is 1.73. The number of aryl methyl sites for hydroxylation is 2. The van der Waals surface area contributed by atoms with Crippen LogP contribution < -0.4 is 10.2 Å². The number of hydrogen-bond acceptors (Lipinski definition) is 3. The van der Waals surface area contributed by atoms with Crippen molar-refractivity contribution in [2.24, 2.45) is 7.05 Å². The average Bonchev–Trinajstić information content (AvgIpc) is 2.82. The first-order chi connectivity index (χ1) is 9.95. The zero-order chi connectivity index (χ0) is 15.4. The lowest BCUT2D eigenvalue weighted by atomic mass is 10.2. The number of benzene rings is 1. The summed E-state index contributed by atoms with van der Waals surface area (Å²) in [4.78, 5) is 24.4. The van der Waals surface area contributed by atoms with E-state index in [4.69, 9.17) is 5.11 Å². The number of rotatable bonds is 4. The fourth-order valence-electron chi connectivity index (χ4n) is 1.82. The summed E-state index contributed by atoms with van der Waals surface area (Å²) >= 11 is 0. The summed E-state index contributed by atoms with van der Waals surface area (Å²) in [6, 6.07) is 6.54. The van der Waals surface area contributed by atoms with Crippen LogP contribution in [0.15, 0.2) is 36.7 Å². The van der Waals surface area contributed by atoms with Gasteiger partial charge in [-0.05, 0) is 19.1 Å². The third-order valence-corrected chi connectivity index (χ3v) is 2.84. The Morgan fingerprint density at radius 1 is 1.33 bits per heavy atom. The summed E-state index contributed by atoms with van der Waals surface area (Å²) in [5, 5.41) is 15.5. The summed E-state index contributed by atoms with van der Waals surface area (Å²) < 4.78 is 1.54. The number of aliphatic carboxylic acids is 1. The fraction of sp³-hybridized carbons (Fsp3) is 0.214. The Morgan fingerprint density at radius 3 is 2.52 bits per heavy atom. The Labute approximate surface area is 121 Å². The Balaban J connectivity index is 2.20. The monoisotopic (exact) mass is 288 g/mol. The smallest absolute Gasteiger partial charge is 0.326 e. The van der Waals surface area contributed by atoms with Crippen molar-refractivity contribution in [3.63, 3.8) is 0 Å². The number of carbonyl (C=O) groups excluding carboxylic acids is 1. The van der Waals surface area contributed by atoms with Crippen LogP contribution in [0, 0.1) is 6.92 Å². The molecule has 1 aromatic heterocycles. The molecule has 0 saturated carbocycles. The first-order valence-electron chi connectivity index (χ1n) is 6.31. The van der Waals surface area contributed by atoms with Gasteiger partial charge in [-0.2, -0.15) is 5.10 Å². The molecule has 2 aromatic rings. The van der Waals surface area contributed by atoms with Gasteiger partial charge in [0.05, 0.1) is 11.9 Å². The van der Waals surface area contributed by atoms with E-state index in [2.05, 4.69) is 10.4 Å². The number of amides is 2. The molecule has 7 heteroatoms. The van der Waals surface area contributed by atoms with Crippen LogP contribution in [-0.2, 0) is 11.8 Å². The zero-order valence-corrected chi connectivity index (χ0v) is 11.8. The highest BCUT2D eigenvalue weighted by molar-refractivity contribution is 6.04. The first kappa shape index (κ1) is 14.6. The highest BCUT2D eigenvalue weighted by Gasteiger charge is 2.19. The van der Waals surface area contributed by atoms with E-state index in [0.717, 1.165) is 10.5 Å². The molecule has 2 rings (SSSR count). The quantitative estimate of drug-likeness (QED) is 0.898. The molecule has 0 aliphatic heterocycles. The van der Waals surface area contributed by atoms with E-state index >= 15 is 0 Å². The molecule has 0 aliphatic carbocycles. The number of carbonyl (C=O) groups is 2. The van der Waals surface area contributed by atoms with Gasteiger partial charge >= 0.3 is 12.0 Å². The number of aromatic nitrogens is 2. The minimum Gasteiger partial charge on any atom is -0.480 e. The Bertz CT molecular complexity index is 648. The summed E-state index contributed by atoms with van der Waals surface area (Å²) in [6.07, 6.45) is 3.12. The van der Waals surface area contributed by atoms with Crippen molar-refractivity contribution in [1.29, 1.82) is 0 Å². The zero-order valence-electron chi connectivity index (χ0n) is 11.8. The van der Waals surface area contributed by atoms with Crippen molar-refractivity contribution in [3.8, 4) is 0 Å². The number of carboxylic acids is 1. The van der Waals surface area contributed by atoms with Gasteiger partial charge in [-0.25, -0.2) is 4.79 Å². The van der Waals surface area contributed by atoms with E-state index in [-0.39, 0.29) is 0 Å². The number of hydrogen-bond donors (Lipinski definition) is 2. The van der Waals surface area contributed by atoms with Gasteiger partial charge < -0.3 is 10.4 Å². The molecule has 0 bridgehead atoms. The summed E-state index contributed by atoms with van der Waals surface area (Å²) in [6.45, 7) is 1.50. The third kappa shape index (κ3) is 3.82. The maximum Gasteiger partial charge on any atom is 0.326 e. The largest absolute Gasteiger partial charge is 0.480 e. The number of anilines is 2. The Kier molecular flexibility index (Phi) is 4.22. The van der Waals surface area contributed by atoms with Gasteiger partial charge in [0, 0.05) is 18.9 Å². The first-order valence-corrected chi connectivity index (χ1v) is 6.31. The Hall–Kier alpha value is -2.83. The average molecular weight is 288 g/mol. The second kappa shape index (κ2) is 6.08. The molecule has 0 fully saturated rings. The molecule has 21 heavy (non-hydrogen) atoms. The number of nitrogens with one attached hydrogen (secondary N) is 1.